The molecule has 10 heteroatoms. The maximum absolute atomic E-state index is 13.2. The van der Waals surface area contributed by atoms with Crippen LogP contribution in [-0.2, 0) is 6.54 Å². The van der Waals surface area contributed by atoms with E-state index in [0.717, 1.165) is 0 Å². The summed E-state index contributed by atoms with van der Waals surface area (Å²) in [7, 11) is 1.43. The first-order valence-electron chi connectivity index (χ1n) is 7.81. The van der Waals surface area contributed by atoms with Crippen LogP contribution in [-0.4, -0.2) is 39.0 Å². The first-order chi connectivity index (χ1) is 12.0. The van der Waals surface area contributed by atoms with Gasteiger partial charge in [-0.2, -0.15) is 4.98 Å². The predicted molar refractivity (Wildman–Crippen MR) is 80.2 cm³/mol. The van der Waals surface area contributed by atoms with Crippen LogP contribution in [0.15, 0.2) is 16.9 Å². The average molecular weight is 353 g/mol. The minimum absolute atomic E-state index is 0.0285. The van der Waals surface area contributed by atoms with Crippen LogP contribution in [0, 0.1) is 0 Å². The largest absolute Gasteiger partial charge is 0.467 e. The first-order valence-corrected chi connectivity index (χ1v) is 7.81. The third-order valence-corrected chi connectivity index (χ3v) is 4.04. The molecule has 0 aromatic carbocycles. The lowest BCUT2D eigenvalue weighted by Crippen LogP contribution is -2.24. The molecule has 1 amide bonds. The third-order valence-electron chi connectivity index (χ3n) is 4.04. The molecular weight excluding hydrogens is 336 g/mol. The Morgan fingerprint density at radius 2 is 2.04 bits per heavy atom. The van der Waals surface area contributed by atoms with Crippen molar-refractivity contribution < 1.29 is 22.8 Å². The van der Waals surface area contributed by atoms with E-state index < -0.39 is 11.8 Å². The number of nitrogens with zero attached hydrogens (tertiary/aromatic N) is 4. The van der Waals surface area contributed by atoms with Crippen LogP contribution in [0.1, 0.15) is 53.7 Å². The average Bonchev–Trinajstić information content (AvgIpc) is 3.08. The van der Waals surface area contributed by atoms with Crippen LogP contribution < -0.4 is 10.1 Å². The van der Waals surface area contributed by atoms with Crippen LogP contribution in [0.3, 0.4) is 0 Å². The topological polar surface area (TPSA) is 103 Å². The lowest BCUT2D eigenvalue weighted by molar-refractivity contribution is -0.0389. The van der Waals surface area contributed by atoms with Crippen molar-refractivity contribution in [2.75, 3.05) is 7.11 Å². The number of methoxy groups -OCH3 is 1. The summed E-state index contributed by atoms with van der Waals surface area (Å²) in [6, 6.07) is 0.163. The molecule has 1 N–H and O–H groups in total. The maximum Gasteiger partial charge on any atom is 0.316 e. The number of ether oxygens (including phenoxy) is 1. The van der Waals surface area contributed by atoms with Gasteiger partial charge in [-0.05, 0) is 12.8 Å². The van der Waals surface area contributed by atoms with E-state index in [1.54, 1.807) is 0 Å². The Hall–Kier alpha value is -2.65. The van der Waals surface area contributed by atoms with Gasteiger partial charge in [0.25, 0.3) is 5.91 Å². The van der Waals surface area contributed by atoms with E-state index >= 15 is 0 Å². The van der Waals surface area contributed by atoms with Crippen molar-refractivity contribution in [2.24, 2.45) is 0 Å². The van der Waals surface area contributed by atoms with Crippen molar-refractivity contribution >= 4 is 5.91 Å². The van der Waals surface area contributed by atoms with Crippen LogP contribution in [0.2, 0.25) is 0 Å². The Labute approximate surface area is 142 Å². The molecule has 0 aliphatic heterocycles. The molecule has 25 heavy (non-hydrogen) atoms. The zero-order chi connectivity index (χ0) is 17.9. The zero-order valence-electron chi connectivity index (χ0n) is 13.5. The highest BCUT2D eigenvalue weighted by atomic mass is 19.3. The van der Waals surface area contributed by atoms with Gasteiger partial charge >= 0.3 is 6.01 Å². The Balaban J connectivity index is 1.54. The molecule has 0 unspecified atom stereocenters. The number of alkyl halides is 2. The molecule has 0 spiro atoms. The summed E-state index contributed by atoms with van der Waals surface area (Å²) in [6.07, 6.45) is 2.97. The van der Waals surface area contributed by atoms with Crippen LogP contribution in [0.4, 0.5) is 8.78 Å². The molecule has 2 aromatic rings. The molecule has 1 aliphatic carbocycles. The van der Waals surface area contributed by atoms with Gasteiger partial charge in [0, 0.05) is 31.2 Å². The van der Waals surface area contributed by atoms with Crippen molar-refractivity contribution in [2.45, 2.75) is 44.1 Å². The second-order valence-electron chi connectivity index (χ2n) is 5.82. The van der Waals surface area contributed by atoms with Crippen LogP contribution >= 0.6 is 0 Å². The monoisotopic (exact) mass is 353 g/mol. The number of hydrogen-bond donors (Lipinski definition) is 1. The number of carbonyl (C=O) groups is 1. The minimum Gasteiger partial charge on any atom is -0.467 e. The number of amides is 1. The quantitative estimate of drug-likeness (QED) is 0.878. The Kier molecular flexibility index (Phi) is 4.86. The highest BCUT2D eigenvalue weighted by molar-refractivity contribution is 5.93. The fraction of sp³-hybridized carbons (Fsp3) is 0.533. The van der Waals surface area contributed by atoms with E-state index in [1.807, 2.05) is 0 Å². The van der Waals surface area contributed by atoms with E-state index in [0.29, 0.717) is 18.7 Å². The highest BCUT2D eigenvalue weighted by Crippen LogP contribution is 2.39. The molecule has 134 valence electrons. The van der Waals surface area contributed by atoms with Crippen molar-refractivity contribution in [3.63, 3.8) is 0 Å². The molecule has 0 saturated heterocycles. The molecule has 3 rings (SSSR count). The molecule has 2 aromatic heterocycles. The molecular formula is C15H17F2N5O3. The summed E-state index contributed by atoms with van der Waals surface area (Å²) in [5, 5.41) is 6.44. The van der Waals surface area contributed by atoms with Crippen LogP contribution in [0.5, 0.6) is 6.01 Å². The zero-order valence-corrected chi connectivity index (χ0v) is 13.5. The normalized spacial score (nSPS) is 17.2. The summed E-state index contributed by atoms with van der Waals surface area (Å²) < 4.78 is 36.3. The van der Waals surface area contributed by atoms with Crippen molar-refractivity contribution in [1.82, 2.24) is 25.4 Å². The molecule has 8 nitrogen and oxygen atoms in total. The molecule has 0 atom stereocenters. The van der Waals surface area contributed by atoms with Gasteiger partial charge in [0.05, 0.1) is 19.2 Å². The minimum atomic E-state index is -2.60. The smallest absolute Gasteiger partial charge is 0.316 e. The Morgan fingerprint density at radius 1 is 1.36 bits per heavy atom. The fourth-order valence-electron chi connectivity index (χ4n) is 2.60. The predicted octanol–water partition coefficient (Wildman–Crippen LogP) is 2.09. The molecule has 1 aliphatic rings. The standard InChI is InChI=1S/C15H17F2N5O3/c1-24-14-19-6-10(7-20-14)13(23)18-8-11-21-12(22-25-11)9-2-4-15(16,17)5-3-9/h6-7,9H,2-5,8H2,1H3,(H,18,23). The Morgan fingerprint density at radius 3 is 2.68 bits per heavy atom. The first kappa shape index (κ1) is 17.2. The summed E-state index contributed by atoms with van der Waals surface area (Å²) in [6.45, 7) is 0.0285. The van der Waals surface area contributed by atoms with E-state index in [1.165, 1.54) is 19.5 Å². The highest BCUT2D eigenvalue weighted by Gasteiger charge is 2.36. The van der Waals surface area contributed by atoms with Gasteiger partial charge < -0.3 is 14.6 Å². The lowest BCUT2D eigenvalue weighted by Gasteiger charge is -2.26. The van der Waals surface area contributed by atoms with Crippen molar-refractivity contribution in [1.29, 1.82) is 0 Å². The van der Waals surface area contributed by atoms with Crippen molar-refractivity contribution in [3.8, 4) is 6.01 Å². The molecule has 0 bridgehead atoms. The maximum atomic E-state index is 13.2. The van der Waals surface area contributed by atoms with Gasteiger partial charge in [0.15, 0.2) is 5.82 Å². The van der Waals surface area contributed by atoms with Gasteiger partial charge in [-0.25, -0.2) is 18.7 Å². The van der Waals surface area contributed by atoms with E-state index in [4.69, 9.17) is 9.26 Å². The van der Waals surface area contributed by atoms with E-state index in [2.05, 4.69) is 25.4 Å². The number of aromatic nitrogens is 4. The lowest BCUT2D eigenvalue weighted by atomic mass is 9.86. The summed E-state index contributed by atoms with van der Waals surface area (Å²) >= 11 is 0. The third kappa shape index (κ3) is 4.25. The van der Waals surface area contributed by atoms with Gasteiger partial charge in [-0.1, -0.05) is 5.16 Å². The van der Waals surface area contributed by atoms with E-state index in [-0.39, 0.29) is 42.8 Å². The number of hydrogen-bond acceptors (Lipinski definition) is 7. The second-order valence-corrected chi connectivity index (χ2v) is 5.82. The summed E-state index contributed by atoms with van der Waals surface area (Å²) in [4.78, 5) is 23.9. The number of nitrogens with one attached hydrogen (secondary N) is 1. The second kappa shape index (κ2) is 7.08. The SMILES string of the molecule is COc1ncc(C(=O)NCc2nc(C3CCC(F)(F)CC3)no2)cn1. The van der Waals surface area contributed by atoms with Crippen LogP contribution in [0.25, 0.3) is 0 Å². The molecule has 1 fully saturated rings. The van der Waals surface area contributed by atoms with Gasteiger partial charge in [0.1, 0.15) is 0 Å². The van der Waals surface area contributed by atoms with Gasteiger partial charge in [0.2, 0.25) is 11.8 Å². The van der Waals surface area contributed by atoms with Crippen molar-refractivity contribution in [3.05, 3.63) is 29.7 Å². The van der Waals surface area contributed by atoms with Gasteiger partial charge in [-0.3, -0.25) is 4.79 Å². The number of rotatable bonds is 5. The molecule has 1 saturated carbocycles. The molecule has 2 heterocycles. The number of carbonyl (C=O) groups excluding carboxylic acids is 1. The van der Waals surface area contributed by atoms with Gasteiger partial charge in [-0.15, -0.1) is 0 Å². The number of halogens is 2. The summed E-state index contributed by atoms with van der Waals surface area (Å²) in [5.41, 5.74) is 0.259. The van der Waals surface area contributed by atoms with E-state index in [9.17, 15) is 13.6 Å². The summed E-state index contributed by atoms with van der Waals surface area (Å²) in [5.74, 6) is -2.51. The Bertz CT molecular complexity index is 725. The fourth-order valence-corrected chi connectivity index (χ4v) is 2.60. The molecule has 0 radical (unpaired) electrons.